The summed E-state index contributed by atoms with van der Waals surface area (Å²) in [5.74, 6) is 1.34. The molecule has 0 bridgehead atoms. The lowest BCUT2D eigenvalue weighted by molar-refractivity contribution is -0.384. The normalized spacial score (nSPS) is 15.6. The van der Waals surface area contributed by atoms with E-state index in [1.54, 1.807) is 6.07 Å². The third-order valence-corrected chi connectivity index (χ3v) is 4.65. The molecular weight excluding hydrogens is 396 g/mol. The van der Waals surface area contributed by atoms with Crippen LogP contribution in [-0.2, 0) is 11.3 Å². The first kappa shape index (κ1) is 21.9. The Bertz CT molecular complexity index is 845. The SMILES string of the molecule is O=[N+]([O-])c1ccc([C@H](O)[C@@H](CO)NC[C@H](O)COCc2ccc3c(c2)OCO3)cc1. The molecule has 162 valence electrons. The monoisotopic (exact) mass is 420 g/mol. The topological polar surface area (TPSA) is 144 Å². The summed E-state index contributed by atoms with van der Waals surface area (Å²) in [6.07, 6.45) is -1.96. The Balaban J connectivity index is 1.43. The van der Waals surface area contributed by atoms with E-state index in [1.165, 1.54) is 24.3 Å². The van der Waals surface area contributed by atoms with Gasteiger partial charge in [0.25, 0.3) is 5.69 Å². The zero-order valence-electron chi connectivity index (χ0n) is 16.1. The van der Waals surface area contributed by atoms with Crippen LogP contribution in [0.15, 0.2) is 42.5 Å². The molecule has 4 N–H and O–H groups in total. The lowest BCUT2D eigenvalue weighted by Gasteiger charge is -2.24. The number of aliphatic hydroxyl groups is 3. The summed E-state index contributed by atoms with van der Waals surface area (Å²) in [7, 11) is 0. The van der Waals surface area contributed by atoms with Crippen LogP contribution in [0.4, 0.5) is 5.69 Å². The molecule has 0 spiro atoms. The number of nitro groups is 1. The van der Waals surface area contributed by atoms with E-state index < -0.39 is 23.2 Å². The first-order valence-electron chi connectivity index (χ1n) is 9.39. The molecule has 1 aliphatic heterocycles. The number of nitrogens with zero attached hydrogens (tertiary/aromatic N) is 1. The van der Waals surface area contributed by atoms with Crippen molar-refractivity contribution >= 4 is 5.69 Å². The Morgan fingerprint density at radius 1 is 1.13 bits per heavy atom. The van der Waals surface area contributed by atoms with Crippen molar-refractivity contribution < 1.29 is 34.5 Å². The predicted octanol–water partition coefficient (Wildman–Crippen LogP) is 0.885. The van der Waals surface area contributed by atoms with E-state index in [1.807, 2.05) is 12.1 Å². The molecule has 10 nitrogen and oxygen atoms in total. The molecule has 1 heterocycles. The van der Waals surface area contributed by atoms with Gasteiger partial charge in [-0.3, -0.25) is 10.1 Å². The molecule has 0 aliphatic carbocycles. The fourth-order valence-electron chi connectivity index (χ4n) is 2.99. The molecule has 0 amide bonds. The fourth-order valence-corrected chi connectivity index (χ4v) is 2.99. The fraction of sp³-hybridized carbons (Fsp3) is 0.400. The van der Waals surface area contributed by atoms with Gasteiger partial charge in [-0.1, -0.05) is 6.07 Å². The highest BCUT2D eigenvalue weighted by atomic mass is 16.7. The number of nitro benzene ring substituents is 1. The minimum absolute atomic E-state index is 0.0488. The van der Waals surface area contributed by atoms with Crippen LogP contribution in [0.3, 0.4) is 0 Å². The standard InChI is InChI=1S/C20H24N2O8/c23-9-17(20(25)14-2-4-15(5-3-14)22(26)27)21-8-16(24)11-28-10-13-1-6-18-19(7-13)30-12-29-18/h1-7,16-17,20-21,23-25H,8-12H2/t16-,17+,20-/m0/s1. The van der Waals surface area contributed by atoms with Crippen LogP contribution >= 0.6 is 0 Å². The Hall–Kier alpha value is -2.76. The number of nitrogens with one attached hydrogen (secondary N) is 1. The van der Waals surface area contributed by atoms with Gasteiger partial charge in [-0.2, -0.15) is 0 Å². The zero-order chi connectivity index (χ0) is 21.5. The van der Waals surface area contributed by atoms with E-state index in [2.05, 4.69) is 5.32 Å². The van der Waals surface area contributed by atoms with Gasteiger partial charge >= 0.3 is 0 Å². The lowest BCUT2D eigenvalue weighted by atomic mass is 10.0. The van der Waals surface area contributed by atoms with Crippen LogP contribution < -0.4 is 14.8 Å². The number of ether oxygens (including phenoxy) is 3. The molecule has 2 aromatic rings. The first-order valence-corrected chi connectivity index (χ1v) is 9.39. The second-order valence-electron chi connectivity index (χ2n) is 6.85. The van der Waals surface area contributed by atoms with Gasteiger partial charge in [0.15, 0.2) is 11.5 Å². The summed E-state index contributed by atoms with van der Waals surface area (Å²) in [6, 6.07) is 10.1. The van der Waals surface area contributed by atoms with Crippen molar-refractivity contribution in [3.05, 3.63) is 63.7 Å². The Labute approximate surface area is 172 Å². The average Bonchev–Trinajstić information content (AvgIpc) is 3.22. The van der Waals surface area contributed by atoms with Crippen molar-refractivity contribution in [3.63, 3.8) is 0 Å². The van der Waals surface area contributed by atoms with E-state index >= 15 is 0 Å². The molecule has 30 heavy (non-hydrogen) atoms. The van der Waals surface area contributed by atoms with Crippen molar-refractivity contribution in [2.45, 2.75) is 24.9 Å². The van der Waals surface area contributed by atoms with E-state index in [-0.39, 0.29) is 38.8 Å². The quantitative estimate of drug-likeness (QED) is 0.308. The van der Waals surface area contributed by atoms with Crippen molar-refractivity contribution in [3.8, 4) is 11.5 Å². The van der Waals surface area contributed by atoms with Gasteiger partial charge in [0.1, 0.15) is 0 Å². The van der Waals surface area contributed by atoms with Gasteiger partial charge in [-0.25, -0.2) is 0 Å². The first-order chi connectivity index (χ1) is 14.5. The van der Waals surface area contributed by atoms with Crippen LogP contribution in [0.5, 0.6) is 11.5 Å². The van der Waals surface area contributed by atoms with Crippen LogP contribution in [0, 0.1) is 10.1 Å². The van der Waals surface area contributed by atoms with Gasteiger partial charge in [-0.05, 0) is 35.4 Å². The molecular formula is C20H24N2O8. The van der Waals surface area contributed by atoms with Crippen molar-refractivity contribution in [1.82, 2.24) is 5.32 Å². The molecule has 0 fully saturated rings. The molecule has 2 aromatic carbocycles. The zero-order valence-corrected chi connectivity index (χ0v) is 16.1. The highest BCUT2D eigenvalue weighted by molar-refractivity contribution is 5.44. The summed E-state index contributed by atoms with van der Waals surface area (Å²) >= 11 is 0. The smallest absolute Gasteiger partial charge is 0.269 e. The van der Waals surface area contributed by atoms with E-state index in [0.717, 1.165) is 5.56 Å². The number of fused-ring (bicyclic) bond motifs is 1. The van der Waals surface area contributed by atoms with Crippen molar-refractivity contribution in [2.24, 2.45) is 0 Å². The molecule has 10 heteroatoms. The largest absolute Gasteiger partial charge is 0.454 e. The average molecular weight is 420 g/mol. The summed E-state index contributed by atoms with van der Waals surface area (Å²) in [5.41, 5.74) is 1.21. The van der Waals surface area contributed by atoms with Crippen molar-refractivity contribution in [1.29, 1.82) is 0 Å². The minimum atomic E-state index is -1.10. The number of aliphatic hydroxyl groups excluding tert-OH is 3. The maximum Gasteiger partial charge on any atom is 0.269 e. The summed E-state index contributed by atoms with van der Waals surface area (Å²) in [5, 5.41) is 43.7. The molecule has 0 aromatic heterocycles. The lowest BCUT2D eigenvalue weighted by Crippen LogP contribution is -2.43. The number of rotatable bonds is 11. The van der Waals surface area contributed by atoms with Gasteiger partial charge in [0, 0.05) is 18.7 Å². The van der Waals surface area contributed by atoms with Crippen LogP contribution in [0.25, 0.3) is 0 Å². The Morgan fingerprint density at radius 3 is 2.57 bits per heavy atom. The molecule has 3 rings (SSSR count). The maximum atomic E-state index is 10.7. The Morgan fingerprint density at radius 2 is 1.87 bits per heavy atom. The summed E-state index contributed by atoms with van der Waals surface area (Å²) in [4.78, 5) is 10.2. The summed E-state index contributed by atoms with van der Waals surface area (Å²) in [6.45, 7) is 0.219. The van der Waals surface area contributed by atoms with Gasteiger partial charge < -0.3 is 34.8 Å². The van der Waals surface area contributed by atoms with Gasteiger partial charge in [0.05, 0.1) is 43.0 Å². The van der Waals surface area contributed by atoms with Gasteiger partial charge in [-0.15, -0.1) is 0 Å². The number of benzene rings is 2. The van der Waals surface area contributed by atoms with Gasteiger partial charge in [0.2, 0.25) is 6.79 Å². The third-order valence-electron chi connectivity index (χ3n) is 4.65. The van der Waals surface area contributed by atoms with E-state index in [4.69, 9.17) is 14.2 Å². The summed E-state index contributed by atoms with van der Waals surface area (Å²) < 4.78 is 16.1. The molecule has 3 atom stereocenters. The minimum Gasteiger partial charge on any atom is -0.454 e. The highest BCUT2D eigenvalue weighted by Gasteiger charge is 2.22. The number of non-ortho nitro benzene ring substituents is 1. The number of hydrogen-bond acceptors (Lipinski definition) is 9. The molecule has 0 radical (unpaired) electrons. The third kappa shape index (κ3) is 5.65. The molecule has 0 saturated carbocycles. The molecule has 0 saturated heterocycles. The van der Waals surface area contributed by atoms with Crippen molar-refractivity contribution in [2.75, 3.05) is 26.6 Å². The predicted molar refractivity (Wildman–Crippen MR) is 105 cm³/mol. The molecule has 1 aliphatic rings. The Kier molecular flexibility index (Phi) is 7.55. The van der Waals surface area contributed by atoms with Crippen LogP contribution in [0.1, 0.15) is 17.2 Å². The number of hydrogen-bond donors (Lipinski definition) is 4. The second-order valence-corrected chi connectivity index (χ2v) is 6.85. The molecule has 0 unspecified atom stereocenters. The van der Waals surface area contributed by atoms with Crippen LogP contribution in [-0.4, -0.2) is 58.9 Å². The van der Waals surface area contributed by atoms with E-state index in [0.29, 0.717) is 17.1 Å². The maximum absolute atomic E-state index is 10.7. The van der Waals surface area contributed by atoms with E-state index in [9.17, 15) is 25.4 Å². The second kappa shape index (κ2) is 10.3. The highest BCUT2D eigenvalue weighted by Crippen LogP contribution is 2.32. The van der Waals surface area contributed by atoms with Crippen LogP contribution in [0.2, 0.25) is 0 Å².